The number of nitrogens with one attached hydrogen (secondary N) is 1. The zero-order valence-corrected chi connectivity index (χ0v) is 21.5. The molecule has 0 aliphatic carbocycles. The Morgan fingerprint density at radius 3 is 2.60 bits per heavy atom. The summed E-state index contributed by atoms with van der Waals surface area (Å²) in [5, 5.41) is 2.20. The maximum absolute atomic E-state index is 13.1. The molecular formula is C24H23N3O5S3. The predicted molar refractivity (Wildman–Crippen MR) is 138 cm³/mol. The van der Waals surface area contributed by atoms with E-state index in [1.807, 2.05) is 30.3 Å². The summed E-state index contributed by atoms with van der Waals surface area (Å²) < 4.78 is 12.3. The third-order valence-electron chi connectivity index (χ3n) is 5.17. The van der Waals surface area contributed by atoms with Crippen LogP contribution in [0.1, 0.15) is 6.92 Å². The van der Waals surface area contributed by atoms with Crippen LogP contribution in [-0.2, 0) is 19.1 Å². The molecule has 182 valence electrons. The first-order valence-electron chi connectivity index (χ1n) is 10.6. The van der Waals surface area contributed by atoms with E-state index in [2.05, 4.69) is 16.9 Å². The molecule has 11 heteroatoms. The van der Waals surface area contributed by atoms with Crippen molar-refractivity contribution in [1.29, 1.82) is 0 Å². The fourth-order valence-electron chi connectivity index (χ4n) is 3.52. The van der Waals surface area contributed by atoms with Gasteiger partial charge < -0.3 is 19.7 Å². The van der Waals surface area contributed by atoms with Crippen molar-refractivity contribution in [3.8, 4) is 5.75 Å². The Kier molecular flexibility index (Phi) is 7.99. The summed E-state index contributed by atoms with van der Waals surface area (Å²) in [4.78, 5) is 44.1. The molecule has 1 N–H and O–H groups in total. The number of thiazole rings is 1. The number of benzene rings is 2. The highest BCUT2D eigenvalue weighted by molar-refractivity contribution is 8.77. The number of carbonyl (C=O) groups excluding carboxylic acids is 3. The first-order valence-corrected chi connectivity index (χ1v) is 13.6. The van der Waals surface area contributed by atoms with E-state index < -0.39 is 29.3 Å². The van der Waals surface area contributed by atoms with Crippen molar-refractivity contribution in [1.82, 2.24) is 15.2 Å². The number of aromatic nitrogens is 1. The molecule has 0 saturated carbocycles. The van der Waals surface area contributed by atoms with Crippen molar-refractivity contribution >= 4 is 60.9 Å². The molecule has 2 aromatic carbocycles. The second-order valence-corrected chi connectivity index (χ2v) is 11.3. The van der Waals surface area contributed by atoms with Gasteiger partial charge in [-0.2, -0.15) is 0 Å². The van der Waals surface area contributed by atoms with Crippen LogP contribution < -0.4 is 10.1 Å². The molecule has 0 radical (unpaired) electrons. The first-order chi connectivity index (χ1) is 16.9. The SMILES string of the molecule is C=C(C)C(C(=O)OC)N1C(=O)C(NC(=O)COc2ccccc2)C1SSc1nc2ccccc2s1. The maximum atomic E-state index is 13.1. The number of rotatable bonds is 10. The van der Waals surface area contributed by atoms with Crippen molar-refractivity contribution in [3.05, 3.63) is 66.7 Å². The van der Waals surface area contributed by atoms with Crippen molar-refractivity contribution in [2.45, 2.75) is 28.7 Å². The monoisotopic (exact) mass is 529 g/mol. The zero-order valence-electron chi connectivity index (χ0n) is 19.0. The molecule has 4 rings (SSSR count). The smallest absolute Gasteiger partial charge is 0.332 e. The van der Waals surface area contributed by atoms with Gasteiger partial charge in [0.15, 0.2) is 17.0 Å². The van der Waals surface area contributed by atoms with Crippen LogP contribution in [0.3, 0.4) is 0 Å². The van der Waals surface area contributed by atoms with Gasteiger partial charge in [-0.3, -0.25) is 9.59 Å². The molecule has 1 aromatic heterocycles. The average molecular weight is 530 g/mol. The Morgan fingerprint density at radius 2 is 1.91 bits per heavy atom. The number of amides is 2. The van der Waals surface area contributed by atoms with E-state index in [1.165, 1.54) is 44.9 Å². The highest BCUT2D eigenvalue weighted by Gasteiger charge is 2.54. The number of ether oxygens (including phenoxy) is 2. The summed E-state index contributed by atoms with van der Waals surface area (Å²) >= 11 is 1.53. The highest BCUT2D eigenvalue weighted by atomic mass is 33.1. The van der Waals surface area contributed by atoms with E-state index in [0.717, 1.165) is 14.6 Å². The van der Waals surface area contributed by atoms with Crippen LogP contribution in [0.4, 0.5) is 0 Å². The minimum Gasteiger partial charge on any atom is -0.484 e. The fourth-order valence-corrected chi connectivity index (χ4v) is 7.48. The van der Waals surface area contributed by atoms with Crippen LogP contribution in [0.5, 0.6) is 5.75 Å². The van der Waals surface area contributed by atoms with Crippen molar-refractivity contribution in [2.75, 3.05) is 13.7 Å². The van der Waals surface area contributed by atoms with Crippen molar-refractivity contribution in [3.63, 3.8) is 0 Å². The molecule has 3 unspecified atom stereocenters. The van der Waals surface area contributed by atoms with Gasteiger partial charge in [0.1, 0.15) is 17.2 Å². The minimum atomic E-state index is -0.949. The van der Waals surface area contributed by atoms with Gasteiger partial charge in [0, 0.05) is 0 Å². The Labute approximate surface area is 214 Å². The van der Waals surface area contributed by atoms with Gasteiger partial charge in [-0.1, -0.05) is 47.7 Å². The lowest BCUT2D eigenvalue weighted by atomic mass is 9.99. The van der Waals surface area contributed by atoms with Gasteiger partial charge in [-0.05, 0) is 47.6 Å². The summed E-state index contributed by atoms with van der Waals surface area (Å²) in [7, 11) is 4.00. The lowest BCUT2D eigenvalue weighted by Gasteiger charge is -2.49. The molecule has 3 atom stereocenters. The second kappa shape index (κ2) is 11.1. The largest absolute Gasteiger partial charge is 0.484 e. The molecule has 1 aliphatic rings. The lowest BCUT2D eigenvalue weighted by Crippen LogP contribution is -2.73. The molecule has 1 fully saturated rings. The van der Waals surface area contributed by atoms with Gasteiger partial charge >= 0.3 is 5.97 Å². The molecule has 35 heavy (non-hydrogen) atoms. The topological polar surface area (TPSA) is 97.8 Å². The number of fused-ring (bicyclic) bond motifs is 1. The van der Waals surface area contributed by atoms with E-state index in [4.69, 9.17) is 9.47 Å². The van der Waals surface area contributed by atoms with Crippen molar-refractivity contribution < 1.29 is 23.9 Å². The lowest BCUT2D eigenvalue weighted by molar-refractivity contribution is -0.161. The summed E-state index contributed by atoms with van der Waals surface area (Å²) in [6.45, 7) is 5.29. The number of hydrogen-bond donors (Lipinski definition) is 1. The minimum absolute atomic E-state index is 0.239. The molecule has 0 bridgehead atoms. The van der Waals surface area contributed by atoms with E-state index in [-0.39, 0.29) is 12.5 Å². The number of likely N-dealkylation sites (tertiary alicyclic amines) is 1. The van der Waals surface area contributed by atoms with Gasteiger partial charge in [0.25, 0.3) is 5.91 Å². The second-order valence-electron chi connectivity index (χ2n) is 7.68. The maximum Gasteiger partial charge on any atom is 0.332 e. The number of esters is 1. The Morgan fingerprint density at radius 1 is 1.20 bits per heavy atom. The van der Waals surface area contributed by atoms with Crippen molar-refractivity contribution in [2.24, 2.45) is 0 Å². The number of methoxy groups -OCH3 is 1. The van der Waals surface area contributed by atoms with Gasteiger partial charge in [-0.15, -0.1) is 11.3 Å². The van der Waals surface area contributed by atoms with E-state index >= 15 is 0 Å². The Bertz CT molecular complexity index is 1220. The van der Waals surface area contributed by atoms with Crippen LogP contribution in [0, 0.1) is 0 Å². The Balaban J connectivity index is 1.48. The molecule has 2 heterocycles. The van der Waals surface area contributed by atoms with Gasteiger partial charge in [0.2, 0.25) is 5.91 Å². The third-order valence-corrected chi connectivity index (χ3v) is 9.20. The normalized spacial score (nSPS) is 18.0. The molecule has 0 spiro atoms. The molecule has 1 saturated heterocycles. The van der Waals surface area contributed by atoms with E-state index in [1.54, 1.807) is 31.2 Å². The fraction of sp³-hybridized carbons (Fsp3) is 0.250. The van der Waals surface area contributed by atoms with Crippen LogP contribution in [0.15, 0.2) is 71.1 Å². The average Bonchev–Trinajstić information content (AvgIpc) is 3.28. The summed E-state index contributed by atoms with van der Waals surface area (Å²) in [5.41, 5.74) is 1.36. The zero-order chi connectivity index (χ0) is 24.9. The molecular weight excluding hydrogens is 506 g/mol. The number of β-lactam (4-membered cyclic amide) rings is 1. The molecule has 3 aromatic rings. The number of para-hydroxylation sites is 2. The quantitative estimate of drug-likeness (QED) is 0.183. The molecule has 8 nitrogen and oxygen atoms in total. The third kappa shape index (κ3) is 5.63. The number of hydrogen-bond acceptors (Lipinski definition) is 9. The summed E-state index contributed by atoms with van der Waals surface area (Å²) in [6, 6.07) is 14.9. The van der Waals surface area contributed by atoms with Crippen LogP contribution in [0.25, 0.3) is 10.2 Å². The van der Waals surface area contributed by atoms with E-state index in [9.17, 15) is 14.4 Å². The standard InChI is InChI=1S/C24H23N3O5S3/c1-14(2)20(23(30)31-3)27-21(29)19(26-18(28)13-32-15-9-5-4-6-10-15)22(27)34-35-24-25-16-11-7-8-12-17(16)33-24/h4-12,19-20,22H,1,13H2,2-3H3,(H,26,28). The van der Waals surface area contributed by atoms with E-state index in [0.29, 0.717) is 11.3 Å². The van der Waals surface area contributed by atoms with Crippen LogP contribution in [0.2, 0.25) is 0 Å². The Hall–Kier alpha value is -3.02. The molecule has 1 aliphatic heterocycles. The number of carbonyl (C=O) groups is 3. The van der Waals surface area contributed by atoms with Crippen LogP contribution in [-0.4, -0.2) is 58.8 Å². The highest BCUT2D eigenvalue weighted by Crippen LogP contribution is 2.45. The van der Waals surface area contributed by atoms with Gasteiger partial charge in [0.05, 0.1) is 17.3 Å². The summed E-state index contributed by atoms with van der Waals surface area (Å²) in [6.07, 6.45) is 0. The van der Waals surface area contributed by atoms with Crippen LogP contribution >= 0.6 is 32.9 Å². The predicted octanol–water partition coefficient (Wildman–Crippen LogP) is 3.89. The molecule has 2 amide bonds. The first kappa shape index (κ1) is 25.1. The number of nitrogens with zero attached hydrogens (tertiary/aromatic N) is 2. The summed E-state index contributed by atoms with van der Waals surface area (Å²) in [5.74, 6) is -0.862. The van der Waals surface area contributed by atoms with Gasteiger partial charge in [-0.25, -0.2) is 9.78 Å².